The summed E-state index contributed by atoms with van der Waals surface area (Å²) in [6, 6.07) is 14.0. The Kier molecular flexibility index (Phi) is 8.92. The Morgan fingerprint density at radius 1 is 1.03 bits per heavy atom. The number of esters is 1. The maximum atomic E-state index is 11.6. The number of rotatable bonds is 10. The van der Waals surface area contributed by atoms with Crippen molar-refractivity contribution in [1.29, 1.82) is 0 Å². The lowest BCUT2D eigenvalue weighted by Crippen LogP contribution is -2.22. The minimum atomic E-state index is -1.10. The summed E-state index contributed by atoms with van der Waals surface area (Å²) < 4.78 is 12.5. The summed E-state index contributed by atoms with van der Waals surface area (Å²) in [6.07, 6.45) is 6.80. The summed E-state index contributed by atoms with van der Waals surface area (Å²) in [7, 11) is 0.365. The molecule has 1 aromatic carbocycles. The van der Waals surface area contributed by atoms with Crippen LogP contribution in [0.5, 0.6) is 0 Å². The standard InChI is InChI=1S/C29H40N4O3Si/c1-21-31-29(32-33(21)20-36-16-17-37(3,4)5)26-14-15-27(30-19-26)25-12-10-24(11-13-25)23-8-6-22(7-9-23)18-28(34)35-2/h10-15,19,22-23H,6-9,16-18,20H2,1-5H3. The van der Waals surface area contributed by atoms with Crippen molar-refractivity contribution in [2.45, 2.75) is 77.4 Å². The predicted molar refractivity (Wildman–Crippen MR) is 149 cm³/mol. The molecule has 8 heteroatoms. The summed E-state index contributed by atoms with van der Waals surface area (Å²) >= 11 is 0. The first-order valence-electron chi connectivity index (χ1n) is 13.3. The predicted octanol–water partition coefficient (Wildman–Crippen LogP) is 6.46. The van der Waals surface area contributed by atoms with Gasteiger partial charge in [-0.3, -0.25) is 9.78 Å². The summed E-state index contributed by atoms with van der Waals surface area (Å²) in [4.78, 5) is 20.9. The van der Waals surface area contributed by atoms with Gasteiger partial charge in [0.15, 0.2) is 5.82 Å². The van der Waals surface area contributed by atoms with Crippen LogP contribution >= 0.6 is 0 Å². The molecular formula is C29H40N4O3Si. The van der Waals surface area contributed by atoms with E-state index in [4.69, 9.17) is 14.5 Å². The molecule has 1 saturated carbocycles. The highest BCUT2D eigenvalue weighted by molar-refractivity contribution is 6.76. The first-order chi connectivity index (χ1) is 17.7. The number of ether oxygens (including phenoxy) is 2. The normalized spacial score (nSPS) is 18.1. The van der Waals surface area contributed by atoms with Crippen molar-refractivity contribution in [2.24, 2.45) is 5.92 Å². The van der Waals surface area contributed by atoms with E-state index >= 15 is 0 Å². The van der Waals surface area contributed by atoms with E-state index in [0.717, 1.165) is 61.0 Å². The molecule has 0 unspecified atom stereocenters. The van der Waals surface area contributed by atoms with Gasteiger partial charge < -0.3 is 9.47 Å². The number of aromatic nitrogens is 4. The van der Waals surface area contributed by atoms with Crippen LogP contribution in [0, 0.1) is 12.8 Å². The first kappa shape index (κ1) is 27.2. The lowest BCUT2D eigenvalue weighted by atomic mass is 9.77. The third-order valence-electron chi connectivity index (χ3n) is 7.30. The highest BCUT2D eigenvalue weighted by Crippen LogP contribution is 2.37. The van der Waals surface area contributed by atoms with Gasteiger partial charge in [-0.05, 0) is 68.2 Å². The van der Waals surface area contributed by atoms with Gasteiger partial charge in [-0.1, -0.05) is 43.9 Å². The lowest BCUT2D eigenvalue weighted by Gasteiger charge is -2.28. The Morgan fingerprint density at radius 3 is 2.35 bits per heavy atom. The van der Waals surface area contributed by atoms with Crippen LogP contribution in [0.25, 0.3) is 22.6 Å². The topological polar surface area (TPSA) is 79.1 Å². The summed E-state index contributed by atoms with van der Waals surface area (Å²) in [5.74, 6) is 2.43. The van der Waals surface area contributed by atoms with Gasteiger partial charge in [0.2, 0.25) is 0 Å². The second kappa shape index (κ2) is 12.1. The van der Waals surface area contributed by atoms with E-state index in [2.05, 4.69) is 54.0 Å². The van der Waals surface area contributed by atoms with E-state index in [1.54, 1.807) is 0 Å². The number of pyridine rings is 1. The van der Waals surface area contributed by atoms with Crippen LogP contribution in [-0.4, -0.2) is 47.5 Å². The first-order valence-corrected chi connectivity index (χ1v) is 17.1. The SMILES string of the molecule is COC(=O)CC1CCC(c2ccc(-c3ccc(-c4nc(C)n(COCC[Si](C)(C)C)n4)cn3)cc2)CC1. The Hall–Kier alpha value is -2.84. The Morgan fingerprint density at radius 2 is 1.73 bits per heavy atom. The van der Waals surface area contributed by atoms with E-state index in [9.17, 15) is 4.79 Å². The largest absolute Gasteiger partial charge is 0.469 e. The van der Waals surface area contributed by atoms with E-state index in [-0.39, 0.29) is 5.97 Å². The highest BCUT2D eigenvalue weighted by atomic mass is 28.3. The minimum Gasteiger partial charge on any atom is -0.469 e. The van der Waals surface area contributed by atoms with E-state index < -0.39 is 8.07 Å². The van der Waals surface area contributed by atoms with Crippen molar-refractivity contribution in [3.63, 3.8) is 0 Å². The smallest absolute Gasteiger partial charge is 0.305 e. The molecule has 7 nitrogen and oxygen atoms in total. The van der Waals surface area contributed by atoms with Crippen molar-refractivity contribution in [2.75, 3.05) is 13.7 Å². The molecular weight excluding hydrogens is 480 g/mol. The molecule has 4 rings (SSSR count). The number of methoxy groups -OCH3 is 1. The Balaban J connectivity index is 1.33. The summed E-state index contributed by atoms with van der Waals surface area (Å²) in [5.41, 5.74) is 4.30. The molecule has 1 aliphatic carbocycles. The van der Waals surface area contributed by atoms with Crippen LogP contribution in [0.15, 0.2) is 42.6 Å². The van der Waals surface area contributed by atoms with Gasteiger partial charge in [-0.25, -0.2) is 9.67 Å². The van der Waals surface area contributed by atoms with Crippen LogP contribution in [-0.2, 0) is 21.0 Å². The van der Waals surface area contributed by atoms with E-state index in [1.807, 2.05) is 29.9 Å². The van der Waals surface area contributed by atoms with E-state index in [1.165, 1.54) is 12.7 Å². The fourth-order valence-electron chi connectivity index (χ4n) is 4.84. The van der Waals surface area contributed by atoms with Crippen molar-refractivity contribution in [3.05, 3.63) is 54.0 Å². The number of aryl methyl sites for hydroxylation is 1. The van der Waals surface area contributed by atoms with Gasteiger partial charge in [0, 0.05) is 38.4 Å². The molecule has 0 radical (unpaired) electrons. The van der Waals surface area contributed by atoms with E-state index in [0.29, 0.717) is 30.8 Å². The fraction of sp³-hybridized carbons (Fsp3) is 0.517. The molecule has 0 aliphatic heterocycles. The van der Waals surface area contributed by atoms with Crippen molar-refractivity contribution in [3.8, 4) is 22.6 Å². The number of hydrogen-bond acceptors (Lipinski definition) is 6. The van der Waals surface area contributed by atoms with Crippen molar-refractivity contribution < 1.29 is 14.3 Å². The van der Waals surface area contributed by atoms with Gasteiger partial charge in [-0.15, -0.1) is 5.10 Å². The molecule has 2 aromatic heterocycles. The van der Waals surface area contributed by atoms with Crippen LogP contribution < -0.4 is 0 Å². The second-order valence-electron chi connectivity index (χ2n) is 11.4. The number of nitrogens with zero attached hydrogens (tertiary/aromatic N) is 4. The molecule has 37 heavy (non-hydrogen) atoms. The molecule has 0 saturated heterocycles. The van der Waals surface area contributed by atoms with Crippen LogP contribution in [0.2, 0.25) is 25.7 Å². The molecule has 0 atom stereocenters. The maximum absolute atomic E-state index is 11.6. The molecule has 1 fully saturated rings. The zero-order valence-electron chi connectivity index (χ0n) is 22.9. The molecule has 0 amide bonds. The summed E-state index contributed by atoms with van der Waals surface area (Å²) in [6.45, 7) is 10.2. The van der Waals surface area contributed by atoms with Gasteiger partial charge >= 0.3 is 5.97 Å². The Bertz CT molecular complexity index is 1160. The fourth-order valence-corrected chi connectivity index (χ4v) is 5.59. The monoisotopic (exact) mass is 520 g/mol. The molecule has 198 valence electrons. The van der Waals surface area contributed by atoms with Gasteiger partial charge in [0.05, 0.1) is 12.8 Å². The molecule has 1 aliphatic rings. The number of carbonyl (C=O) groups excluding carboxylic acids is 1. The van der Waals surface area contributed by atoms with Crippen molar-refractivity contribution in [1.82, 2.24) is 19.7 Å². The summed E-state index contributed by atoms with van der Waals surface area (Å²) in [5, 5.41) is 4.63. The molecule has 3 aromatic rings. The molecule has 0 N–H and O–H groups in total. The average Bonchev–Trinajstić information content (AvgIpc) is 3.27. The zero-order valence-corrected chi connectivity index (χ0v) is 23.9. The molecule has 2 heterocycles. The number of benzene rings is 1. The minimum absolute atomic E-state index is 0.0903. The zero-order chi connectivity index (χ0) is 26.4. The van der Waals surface area contributed by atoms with Crippen LogP contribution in [0.4, 0.5) is 0 Å². The van der Waals surface area contributed by atoms with Gasteiger partial charge in [0.25, 0.3) is 0 Å². The van der Waals surface area contributed by atoms with Gasteiger partial charge in [-0.2, -0.15) is 0 Å². The van der Waals surface area contributed by atoms with Crippen LogP contribution in [0.1, 0.15) is 49.4 Å². The molecule has 0 spiro atoms. The van der Waals surface area contributed by atoms with Crippen molar-refractivity contribution >= 4 is 14.0 Å². The quantitative estimate of drug-likeness (QED) is 0.173. The number of hydrogen-bond donors (Lipinski definition) is 0. The second-order valence-corrected chi connectivity index (χ2v) is 17.0. The Labute approximate surface area is 221 Å². The lowest BCUT2D eigenvalue weighted by molar-refractivity contribution is -0.142. The van der Waals surface area contributed by atoms with Crippen LogP contribution in [0.3, 0.4) is 0 Å². The highest BCUT2D eigenvalue weighted by Gasteiger charge is 2.24. The average molecular weight is 521 g/mol. The third kappa shape index (κ3) is 7.58. The number of carbonyl (C=O) groups is 1. The van der Waals surface area contributed by atoms with Gasteiger partial charge in [0.1, 0.15) is 12.6 Å². The molecule has 0 bridgehead atoms. The third-order valence-corrected chi connectivity index (χ3v) is 9.00. The maximum Gasteiger partial charge on any atom is 0.305 e.